The van der Waals surface area contributed by atoms with Crippen molar-refractivity contribution in [2.45, 2.75) is 18.0 Å². The van der Waals surface area contributed by atoms with E-state index in [-0.39, 0.29) is 29.9 Å². The van der Waals surface area contributed by atoms with Gasteiger partial charge in [0.15, 0.2) is 5.82 Å². The standard InChI is InChI=1S/C12H10F7N3O/c13-10(14,11(15,16)12(17,18)19)9-21-6-2-1-3-7(8(6)22-9)23-5-4-20/h1-3H,4-5,20H2,(H,21,22). The van der Waals surface area contributed by atoms with Crippen molar-refractivity contribution in [1.29, 1.82) is 0 Å². The molecule has 1 aromatic heterocycles. The van der Waals surface area contributed by atoms with Gasteiger partial charge in [-0.25, -0.2) is 4.98 Å². The molecule has 1 aromatic carbocycles. The van der Waals surface area contributed by atoms with Crippen LogP contribution in [0.1, 0.15) is 5.82 Å². The molecule has 0 atom stereocenters. The number of H-pyrrole nitrogens is 1. The van der Waals surface area contributed by atoms with Gasteiger partial charge in [-0.05, 0) is 12.1 Å². The lowest BCUT2D eigenvalue weighted by Gasteiger charge is -2.26. The van der Waals surface area contributed by atoms with Gasteiger partial charge in [-0.2, -0.15) is 30.7 Å². The quantitative estimate of drug-likeness (QED) is 0.818. The summed E-state index contributed by atoms with van der Waals surface area (Å²) < 4.78 is 95.0. The zero-order chi connectivity index (χ0) is 17.5. The van der Waals surface area contributed by atoms with Crippen LogP contribution in [0.25, 0.3) is 11.0 Å². The van der Waals surface area contributed by atoms with Crippen LogP contribution in [-0.2, 0) is 5.92 Å². The molecule has 11 heteroatoms. The number of aromatic nitrogens is 2. The van der Waals surface area contributed by atoms with Gasteiger partial charge < -0.3 is 15.5 Å². The monoisotopic (exact) mass is 345 g/mol. The fourth-order valence-electron chi connectivity index (χ4n) is 1.77. The summed E-state index contributed by atoms with van der Waals surface area (Å²) in [7, 11) is 0. The van der Waals surface area contributed by atoms with Crippen LogP contribution in [0.15, 0.2) is 18.2 Å². The minimum atomic E-state index is -6.44. The molecule has 0 unspecified atom stereocenters. The summed E-state index contributed by atoms with van der Waals surface area (Å²) in [6, 6.07) is 3.81. The van der Waals surface area contributed by atoms with Crippen molar-refractivity contribution in [3.8, 4) is 5.75 Å². The van der Waals surface area contributed by atoms with Gasteiger partial charge in [-0.3, -0.25) is 0 Å². The molecule has 0 saturated heterocycles. The smallest absolute Gasteiger partial charge is 0.460 e. The van der Waals surface area contributed by atoms with Gasteiger partial charge in [0.25, 0.3) is 0 Å². The molecule has 0 aliphatic heterocycles. The number of rotatable bonds is 5. The Kier molecular flexibility index (Phi) is 4.18. The predicted molar refractivity (Wildman–Crippen MR) is 65.5 cm³/mol. The van der Waals surface area contributed by atoms with Crippen LogP contribution >= 0.6 is 0 Å². The van der Waals surface area contributed by atoms with Crippen LogP contribution in [0.2, 0.25) is 0 Å². The van der Waals surface area contributed by atoms with E-state index in [0.29, 0.717) is 0 Å². The number of hydrogen-bond donors (Lipinski definition) is 2. The highest BCUT2D eigenvalue weighted by Gasteiger charge is 2.74. The Balaban J connectivity index is 2.52. The van der Waals surface area contributed by atoms with Crippen molar-refractivity contribution in [3.05, 3.63) is 24.0 Å². The van der Waals surface area contributed by atoms with Crippen molar-refractivity contribution in [2.24, 2.45) is 5.73 Å². The number of ether oxygens (including phenoxy) is 1. The SMILES string of the molecule is NCCOc1cccc2[nH]c(C(F)(F)C(F)(F)C(F)(F)F)nc12. The normalized spacial score (nSPS) is 13.6. The Morgan fingerprint density at radius 3 is 2.30 bits per heavy atom. The fraction of sp³-hybridized carbons (Fsp3) is 0.417. The van der Waals surface area contributed by atoms with Gasteiger partial charge in [0.1, 0.15) is 17.9 Å². The van der Waals surface area contributed by atoms with Crippen molar-refractivity contribution in [2.75, 3.05) is 13.2 Å². The van der Waals surface area contributed by atoms with E-state index < -0.39 is 23.8 Å². The molecule has 3 N–H and O–H groups in total. The average molecular weight is 345 g/mol. The van der Waals surface area contributed by atoms with Gasteiger partial charge in [-0.15, -0.1) is 0 Å². The van der Waals surface area contributed by atoms with Crippen LogP contribution in [0, 0.1) is 0 Å². The summed E-state index contributed by atoms with van der Waals surface area (Å²) in [6.07, 6.45) is -6.44. The van der Waals surface area contributed by atoms with E-state index in [9.17, 15) is 30.7 Å². The summed E-state index contributed by atoms with van der Waals surface area (Å²) in [5.41, 5.74) is 4.73. The predicted octanol–water partition coefficient (Wildman–Crippen LogP) is 3.19. The second-order valence-electron chi connectivity index (χ2n) is 4.52. The molecule has 2 rings (SSSR count). The molecule has 0 aliphatic rings. The molecular formula is C12H10F7N3O. The minimum absolute atomic E-state index is 0.0175. The molecule has 0 amide bonds. The van der Waals surface area contributed by atoms with Crippen LogP contribution in [-0.4, -0.2) is 35.2 Å². The lowest BCUT2D eigenvalue weighted by atomic mass is 10.1. The molecule has 2 aromatic rings. The van der Waals surface area contributed by atoms with E-state index in [1.807, 2.05) is 0 Å². The minimum Gasteiger partial charge on any atom is -0.490 e. The number of aromatic amines is 1. The first-order valence-corrected chi connectivity index (χ1v) is 6.17. The average Bonchev–Trinajstić information content (AvgIpc) is 2.88. The van der Waals surface area contributed by atoms with E-state index in [1.54, 1.807) is 4.98 Å². The van der Waals surface area contributed by atoms with Gasteiger partial charge >= 0.3 is 18.0 Å². The number of nitrogens with two attached hydrogens (primary N) is 1. The molecule has 0 saturated carbocycles. The molecule has 0 aliphatic carbocycles. The molecule has 1 heterocycles. The van der Waals surface area contributed by atoms with E-state index in [4.69, 9.17) is 10.5 Å². The third kappa shape index (κ3) is 2.80. The lowest BCUT2D eigenvalue weighted by Crippen LogP contribution is -2.50. The second kappa shape index (κ2) is 5.55. The van der Waals surface area contributed by atoms with Gasteiger partial charge in [0.05, 0.1) is 5.52 Å². The summed E-state index contributed by atoms with van der Waals surface area (Å²) in [5, 5.41) is 0. The topological polar surface area (TPSA) is 63.9 Å². The third-order valence-electron chi connectivity index (χ3n) is 2.90. The fourth-order valence-corrected chi connectivity index (χ4v) is 1.77. The maximum absolute atomic E-state index is 13.6. The Labute approximate surface area is 124 Å². The molecule has 0 spiro atoms. The van der Waals surface area contributed by atoms with E-state index in [1.165, 1.54) is 18.2 Å². The molecule has 0 fully saturated rings. The highest BCUT2D eigenvalue weighted by Crippen LogP contribution is 2.51. The van der Waals surface area contributed by atoms with Crippen LogP contribution in [0.4, 0.5) is 30.7 Å². The Morgan fingerprint density at radius 1 is 1.09 bits per heavy atom. The maximum Gasteiger partial charge on any atom is 0.460 e. The Morgan fingerprint density at radius 2 is 1.74 bits per heavy atom. The number of imidazole rings is 1. The van der Waals surface area contributed by atoms with Crippen LogP contribution in [0.5, 0.6) is 5.75 Å². The third-order valence-corrected chi connectivity index (χ3v) is 2.90. The summed E-state index contributed by atoms with van der Waals surface area (Å²) in [6.45, 7) is 0.0619. The van der Waals surface area contributed by atoms with E-state index in [0.717, 1.165) is 0 Å². The van der Waals surface area contributed by atoms with Gasteiger partial charge in [0.2, 0.25) is 0 Å². The van der Waals surface area contributed by atoms with Crippen molar-refractivity contribution < 1.29 is 35.5 Å². The maximum atomic E-state index is 13.6. The van der Waals surface area contributed by atoms with E-state index >= 15 is 0 Å². The largest absolute Gasteiger partial charge is 0.490 e. The molecular weight excluding hydrogens is 335 g/mol. The van der Waals surface area contributed by atoms with Crippen molar-refractivity contribution in [3.63, 3.8) is 0 Å². The number of fused-ring (bicyclic) bond motifs is 1. The van der Waals surface area contributed by atoms with Gasteiger partial charge in [-0.1, -0.05) is 6.07 Å². The number of nitrogens with zero attached hydrogens (tertiary/aromatic N) is 1. The number of para-hydroxylation sites is 1. The first kappa shape index (κ1) is 17.3. The lowest BCUT2D eigenvalue weighted by molar-refractivity contribution is -0.361. The first-order valence-electron chi connectivity index (χ1n) is 6.17. The number of halogens is 7. The Bertz CT molecular complexity index is 696. The molecule has 23 heavy (non-hydrogen) atoms. The zero-order valence-electron chi connectivity index (χ0n) is 11.2. The van der Waals surface area contributed by atoms with Crippen LogP contribution < -0.4 is 10.5 Å². The molecule has 0 bridgehead atoms. The van der Waals surface area contributed by atoms with Crippen molar-refractivity contribution >= 4 is 11.0 Å². The van der Waals surface area contributed by atoms with Gasteiger partial charge in [0, 0.05) is 6.54 Å². The van der Waals surface area contributed by atoms with Crippen LogP contribution in [0.3, 0.4) is 0 Å². The van der Waals surface area contributed by atoms with Crippen molar-refractivity contribution in [1.82, 2.24) is 9.97 Å². The summed E-state index contributed by atoms with van der Waals surface area (Å²) in [4.78, 5) is 4.94. The van der Waals surface area contributed by atoms with E-state index in [2.05, 4.69) is 4.98 Å². The number of hydrogen-bond acceptors (Lipinski definition) is 3. The number of alkyl halides is 7. The summed E-state index contributed by atoms with van der Waals surface area (Å²) in [5.74, 6) is -13.7. The number of benzene rings is 1. The highest BCUT2D eigenvalue weighted by molar-refractivity contribution is 5.81. The number of nitrogens with one attached hydrogen (secondary N) is 1. The molecule has 4 nitrogen and oxygen atoms in total. The Hall–Kier alpha value is -2.04. The summed E-state index contributed by atoms with van der Waals surface area (Å²) >= 11 is 0. The zero-order valence-corrected chi connectivity index (χ0v) is 11.2. The molecule has 0 radical (unpaired) electrons. The second-order valence-corrected chi connectivity index (χ2v) is 4.52. The first-order chi connectivity index (χ1) is 10.5. The highest BCUT2D eigenvalue weighted by atomic mass is 19.4. The molecule has 128 valence electrons.